The Morgan fingerprint density at radius 2 is 1.89 bits per heavy atom. The summed E-state index contributed by atoms with van der Waals surface area (Å²) in [5.74, 6) is -0.181. The van der Waals surface area contributed by atoms with Crippen molar-refractivity contribution in [1.29, 1.82) is 0 Å². The van der Waals surface area contributed by atoms with Crippen molar-refractivity contribution in [2.24, 2.45) is 0 Å². The van der Waals surface area contributed by atoms with Gasteiger partial charge in [-0.1, -0.05) is 35.9 Å². The summed E-state index contributed by atoms with van der Waals surface area (Å²) in [6, 6.07) is 16.1. The number of rotatable bonds is 11. The van der Waals surface area contributed by atoms with Crippen molar-refractivity contribution in [1.82, 2.24) is 15.2 Å². The van der Waals surface area contributed by atoms with Gasteiger partial charge in [0, 0.05) is 24.4 Å². The van der Waals surface area contributed by atoms with Crippen LogP contribution < -0.4 is 14.8 Å². The molecule has 8 nitrogen and oxygen atoms in total. The number of nitrogens with zero attached hydrogens (tertiary/aromatic N) is 2. The van der Waals surface area contributed by atoms with Crippen molar-refractivity contribution in [3.63, 3.8) is 0 Å². The molecule has 1 aliphatic heterocycles. The molecule has 9 heteroatoms. The summed E-state index contributed by atoms with van der Waals surface area (Å²) in [5, 5.41) is 14.5. The lowest BCUT2D eigenvalue weighted by Gasteiger charge is -2.28. The zero-order valence-electron chi connectivity index (χ0n) is 20.9. The second kappa shape index (κ2) is 11.9. The van der Waals surface area contributed by atoms with Gasteiger partial charge in [-0.2, -0.15) is 0 Å². The Hall–Kier alpha value is -3.46. The van der Waals surface area contributed by atoms with Gasteiger partial charge in [0.25, 0.3) is 5.91 Å². The van der Waals surface area contributed by atoms with Gasteiger partial charge in [-0.05, 0) is 74.7 Å². The number of aliphatic hydroxyl groups is 1. The average molecular weight is 536 g/mol. The van der Waals surface area contributed by atoms with Crippen molar-refractivity contribution in [2.75, 3.05) is 19.6 Å². The number of pyridine rings is 1. The Kier molecular flexibility index (Phi) is 8.22. The molecule has 2 aromatic carbocycles. The SMILES string of the molecule is O=C(N[C@H](CN1CCCC1)[C@H](O)c1ccc(OC2CC2)c(Cl)c1)C(=O)c1cccc(Oc2ccccn2)c1. The number of carbonyl (C=O) groups is 2. The second-order valence-electron chi connectivity index (χ2n) is 9.67. The molecule has 2 N–H and O–H groups in total. The molecule has 198 valence electrons. The van der Waals surface area contributed by atoms with Crippen LogP contribution in [0.4, 0.5) is 0 Å². The molecule has 1 amide bonds. The van der Waals surface area contributed by atoms with Crippen molar-refractivity contribution in [2.45, 2.75) is 43.9 Å². The van der Waals surface area contributed by atoms with Gasteiger partial charge in [-0.25, -0.2) is 4.98 Å². The first-order valence-corrected chi connectivity index (χ1v) is 13.2. The van der Waals surface area contributed by atoms with Gasteiger partial charge in [-0.3, -0.25) is 9.59 Å². The van der Waals surface area contributed by atoms with E-state index in [9.17, 15) is 14.7 Å². The summed E-state index contributed by atoms with van der Waals surface area (Å²) in [5.41, 5.74) is 0.718. The van der Waals surface area contributed by atoms with E-state index < -0.39 is 23.8 Å². The minimum Gasteiger partial charge on any atom is -0.489 e. The molecule has 1 saturated heterocycles. The summed E-state index contributed by atoms with van der Waals surface area (Å²) in [7, 11) is 0. The number of nitrogens with one attached hydrogen (secondary N) is 1. The number of Topliss-reactive ketones (excluding diaryl/α,β-unsaturated/α-hetero) is 1. The van der Waals surface area contributed by atoms with Gasteiger partial charge in [-0.15, -0.1) is 0 Å². The molecule has 3 aromatic rings. The Bertz CT molecular complexity index is 1280. The van der Waals surface area contributed by atoms with E-state index >= 15 is 0 Å². The van der Waals surface area contributed by atoms with Crippen LogP contribution in [0.25, 0.3) is 0 Å². The molecule has 0 spiro atoms. The van der Waals surface area contributed by atoms with Crippen LogP contribution >= 0.6 is 11.6 Å². The van der Waals surface area contributed by atoms with E-state index in [0.29, 0.717) is 34.5 Å². The smallest absolute Gasteiger partial charge is 0.292 e. The fraction of sp³-hybridized carbons (Fsp3) is 0.345. The molecule has 2 fully saturated rings. The number of carbonyl (C=O) groups excluding carboxylic acids is 2. The largest absolute Gasteiger partial charge is 0.489 e. The van der Waals surface area contributed by atoms with Crippen LogP contribution in [0.2, 0.25) is 5.02 Å². The van der Waals surface area contributed by atoms with Gasteiger partial charge in [0.05, 0.1) is 17.2 Å². The van der Waals surface area contributed by atoms with Crippen LogP contribution in [0.5, 0.6) is 17.4 Å². The lowest BCUT2D eigenvalue weighted by molar-refractivity contribution is -0.118. The average Bonchev–Trinajstić information content (AvgIpc) is 3.60. The van der Waals surface area contributed by atoms with E-state index in [1.54, 1.807) is 60.8 Å². The van der Waals surface area contributed by atoms with Crippen LogP contribution in [0, 0.1) is 0 Å². The summed E-state index contributed by atoms with van der Waals surface area (Å²) >= 11 is 6.43. The number of halogens is 1. The fourth-order valence-electron chi connectivity index (χ4n) is 4.46. The van der Waals surface area contributed by atoms with Crippen molar-refractivity contribution in [3.05, 3.63) is 83.0 Å². The van der Waals surface area contributed by atoms with Gasteiger partial charge in [0.15, 0.2) is 0 Å². The quantitative estimate of drug-likeness (QED) is 0.274. The molecule has 1 saturated carbocycles. The molecule has 2 heterocycles. The minimum atomic E-state index is -1.07. The van der Waals surface area contributed by atoms with E-state index in [0.717, 1.165) is 38.8 Å². The topological polar surface area (TPSA) is 101 Å². The molecule has 2 atom stereocenters. The van der Waals surface area contributed by atoms with Crippen LogP contribution in [-0.2, 0) is 4.79 Å². The van der Waals surface area contributed by atoms with E-state index in [2.05, 4.69) is 15.2 Å². The highest BCUT2D eigenvalue weighted by molar-refractivity contribution is 6.42. The number of likely N-dealkylation sites (tertiary alicyclic amines) is 1. The highest BCUT2D eigenvalue weighted by atomic mass is 35.5. The zero-order valence-corrected chi connectivity index (χ0v) is 21.6. The lowest BCUT2D eigenvalue weighted by atomic mass is 10.0. The van der Waals surface area contributed by atoms with Crippen LogP contribution in [0.3, 0.4) is 0 Å². The number of hydrogen-bond donors (Lipinski definition) is 2. The molecular weight excluding hydrogens is 506 g/mol. The maximum absolute atomic E-state index is 13.1. The second-order valence-corrected chi connectivity index (χ2v) is 10.1. The minimum absolute atomic E-state index is 0.176. The Morgan fingerprint density at radius 3 is 2.61 bits per heavy atom. The molecule has 1 aromatic heterocycles. The molecule has 0 radical (unpaired) electrons. The number of ketones is 1. The molecule has 1 aliphatic carbocycles. The van der Waals surface area contributed by atoms with Gasteiger partial charge < -0.3 is 24.8 Å². The van der Waals surface area contributed by atoms with Gasteiger partial charge in [0.1, 0.15) is 17.6 Å². The standard InChI is InChI=1S/C29H30ClN3O5/c30-23-17-20(9-12-25(23)37-21-10-11-21)27(34)24(18-33-14-3-4-15-33)32-29(36)28(35)19-6-5-7-22(16-19)38-26-8-1-2-13-31-26/h1-2,5-9,12-13,16-17,21,24,27,34H,3-4,10-11,14-15,18H2,(H,32,36)/t24-,27-/m1/s1. The molecule has 2 aliphatic rings. The van der Waals surface area contributed by atoms with Gasteiger partial charge >= 0.3 is 0 Å². The maximum Gasteiger partial charge on any atom is 0.292 e. The first kappa shape index (κ1) is 26.2. The predicted molar refractivity (Wildman–Crippen MR) is 143 cm³/mol. The first-order chi connectivity index (χ1) is 18.5. The lowest BCUT2D eigenvalue weighted by Crippen LogP contribution is -2.48. The molecule has 0 unspecified atom stereocenters. The van der Waals surface area contributed by atoms with E-state index in [4.69, 9.17) is 21.1 Å². The number of ether oxygens (including phenoxy) is 2. The molecule has 0 bridgehead atoms. The van der Waals surface area contributed by atoms with Crippen molar-refractivity contribution >= 4 is 23.3 Å². The fourth-order valence-corrected chi connectivity index (χ4v) is 4.69. The zero-order chi connectivity index (χ0) is 26.5. The third kappa shape index (κ3) is 6.69. The van der Waals surface area contributed by atoms with E-state index in [1.807, 2.05) is 0 Å². The maximum atomic E-state index is 13.1. The number of aromatic nitrogens is 1. The van der Waals surface area contributed by atoms with Crippen LogP contribution in [-0.4, -0.2) is 58.5 Å². The number of hydrogen-bond acceptors (Lipinski definition) is 7. The molecule has 38 heavy (non-hydrogen) atoms. The predicted octanol–water partition coefficient (Wildman–Crippen LogP) is 4.57. The first-order valence-electron chi connectivity index (χ1n) is 12.9. The summed E-state index contributed by atoms with van der Waals surface area (Å²) in [6.07, 6.45) is 4.86. The van der Waals surface area contributed by atoms with Crippen LogP contribution in [0.15, 0.2) is 66.9 Å². The molecular formula is C29H30ClN3O5. The normalized spacial score (nSPS) is 17.0. The van der Waals surface area contributed by atoms with E-state index in [1.165, 1.54) is 6.07 Å². The molecule has 5 rings (SSSR count). The number of aliphatic hydroxyl groups excluding tert-OH is 1. The van der Waals surface area contributed by atoms with E-state index in [-0.39, 0.29) is 11.7 Å². The Balaban J connectivity index is 1.30. The third-order valence-corrected chi connectivity index (χ3v) is 6.92. The Morgan fingerprint density at radius 1 is 1.08 bits per heavy atom. The number of amides is 1. The highest BCUT2D eigenvalue weighted by Gasteiger charge is 2.30. The van der Waals surface area contributed by atoms with Crippen molar-refractivity contribution in [3.8, 4) is 17.4 Å². The summed E-state index contributed by atoms with van der Waals surface area (Å²) in [6.45, 7) is 2.14. The van der Waals surface area contributed by atoms with Crippen molar-refractivity contribution < 1.29 is 24.2 Å². The van der Waals surface area contributed by atoms with Crippen LogP contribution in [0.1, 0.15) is 47.7 Å². The monoisotopic (exact) mass is 535 g/mol. The van der Waals surface area contributed by atoms with Gasteiger partial charge in [0.2, 0.25) is 11.7 Å². The number of benzene rings is 2. The highest BCUT2D eigenvalue weighted by Crippen LogP contribution is 2.34. The summed E-state index contributed by atoms with van der Waals surface area (Å²) in [4.78, 5) is 32.5. The summed E-state index contributed by atoms with van der Waals surface area (Å²) < 4.78 is 11.5. The Labute approximate surface area is 226 Å². The third-order valence-electron chi connectivity index (χ3n) is 6.63.